The molecule has 2 heterocycles. The highest BCUT2D eigenvalue weighted by atomic mass is 32.2. The number of aryl methyl sites for hydroxylation is 1. The quantitative estimate of drug-likeness (QED) is 0.442. The van der Waals surface area contributed by atoms with E-state index < -0.39 is 0 Å². The average Bonchev–Trinajstić information content (AvgIpc) is 3.04. The first-order valence-corrected chi connectivity index (χ1v) is 10.5. The van der Waals surface area contributed by atoms with Gasteiger partial charge in [0.15, 0.2) is 5.96 Å². The van der Waals surface area contributed by atoms with Gasteiger partial charge in [-0.15, -0.1) is 10.2 Å². The minimum atomic E-state index is 0.751. The fourth-order valence-electron chi connectivity index (χ4n) is 3.07. The van der Waals surface area contributed by atoms with Gasteiger partial charge < -0.3 is 14.8 Å². The Hall–Kier alpha value is -1.24. The van der Waals surface area contributed by atoms with E-state index in [1.165, 1.54) is 18.6 Å². The largest absolute Gasteiger partial charge is 0.354 e. The smallest absolute Gasteiger partial charge is 0.193 e. The number of likely N-dealkylation sites (tertiary alicyclic amines) is 1. The SMILES string of the molecule is CCc1nncn1CCNC(=NCCCSC)N1CCCC(C)C1. The first-order valence-electron chi connectivity index (χ1n) is 9.13. The van der Waals surface area contributed by atoms with Gasteiger partial charge in [-0.25, -0.2) is 0 Å². The third kappa shape index (κ3) is 6.00. The van der Waals surface area contributed by atoms with Crippen LogP contribution in [0, 0.1) is 5.92 Å². The molecule has 0 aromatic carbocycles. The van der Waals surface area contributed by atoms with Crippen molar-refractivity contribution >= 4 is 17.7 Å². The predicted molar refractivity (Wildman–Crippen MR) is 103 cm³/mol. The van der Waals surface area contributed by atoms with Crippen molar-refractivity contribution in [3.8, 4) is 0 Å². The van der Waals surface area contributed by atoms with Crippen molar-refractivity contribution in [2.45, 2.75) is 46.1 Å². The Balaban J connectivity index is 1.89. The number of nitrogens with one attached hydrogen (secondary N) is 1. The number of aliphatic imine (C=N–C) groups is 1. The van der Waals surface area contributed by atoms with Crippen molar-refractivity contribution in [1.29, 1.82) is 0 Å². The molecule has 0 spiro atoms. The van der Waals surface area contributed by atoms with Gasteiger partial charge in [-0.2, -0.15) is 11.8 Å². The molecule has 24 heavy (non-hydrogen) atoms. The maximum absolute atomic E-state index is 4.86. The van der Waals surface area contributed by atoms with Crippen LogP contribution in [0.25, 0.3) is 0 Å². The van der Waals surface area contributed by atoms with Gasteiger partial charge in [0.25, 0.3) is 0 Å². The first kappa shape index (κ1) is 19.1. The van der Waals surface area contributed by atoms with Crippen molar-refractivity contribution in [2.24, 2.45) is 10.9 Å². The van der Waals surface area contributed by atoms with E-state index in [2.05, 4.69) is 45.1 Å². The van der Waals surface area contributed by atoms with Crippen LogP contribution in [0.2, 0.25) is 0 Å². The molecule has 0 saturated carbocycles. The fraction of sp³-hybridized carbons (Fsp3) is 0.824. The zero-order valence-electron chi connectivity index (χ0n) is 15.4. The van der Waals surface area contributed by atoms with Gasteiger partial charge in [-0.1, -0.05) is 13.8 Å². The highest BCUT2D eigenvalue weighted by molar-refractivity contribution is 7.98. The molecule has 0 bridgehead atoms. The molecule has 1 fully saturated rings. The second kappa shape index (κ2) is 10.6. The lowest BCUT2D eigenvalue weighted by molar-refractivity contribution is 0.265. The Bertz CT molecular complexity index is 501. The molecule has 1 atom stereocenters. The molecule has 7 heteroatoms. The van der Waals surface area contributed by atoms with E-state index in [1.807, 2.05) is 18.1 Å². The Morgan fingerprint density at radius 1 is 1.50 bits per heavy atom. The molecular weight excluding hydrogens is 320 g/mol. The van der Waals surface area contributed by atoms with Crippen molar-refractivity contribution in [2.75, 3.05) is 38.2 Å². The van der Waals surface area contributed by atoms with Crippen LogP contribution in [0.1, 0.15) is 38.9 Å². The lowest BCUT2D eigenvalue weighted by Crippen LogP contribution is -2.47. The molecule has 6 nitrogen and oxygen atoms in total. The molecule has 0 radical (unpaired) electrons. The van der Waals surface area contributed by atoms with E-state index in [-0.39, 0.29) is 0 Å². The lowest BCUT2D eigenvalue weighted by Gasteiger charge is -2.33. The van der Waals surface area contributed by atoms with Gasteiger partial charge in [0.05, 0.1) is 0 Å². The van der Waals surface area contributed by atoms with Crippen LogP contribution in [0.15, 0.2) is 11.3 Å². The Labute approximate surface area is 150 Å². The van der Waals surface area contributed by atoms with Crippen LogP contribution in [0.4, 0.5) is 0 Å². The summed E-state index contributed by atoms with van der Waals surface area (Å²) in [6, 6.07) is 0. The summed E-state index contributed by atoms with van der Waals surface area (Å²) in [6.45, 7) is 9.32. The van der Waals surface area contributed by atoms with Gasteiger partial charge in [-0.3, -0.25) is 4.99 Å². The van der Waals surface area contributed by atoms with Gasteiger partial charge in [0, 0.05) is 39.1 Å². The third-order valence-corrected chi connectivity index (χ3v) is 5.07. The number of hydrogen-bond donors (Lipinski definition) is 1. The molecule has 1 saturated heterocycles. The number of nitrogens with zero attached hydrogens (tertiary/aromatic N) is 5. The number of aromatic nitrogens is 3. The molecule has 2 rings (SSSR count). The van der Waals surface area contributed by atoms with Gasteiger partial charge in [0.2, 0.25) is 0 Å². The average molecular weight is 353 g/mol. The van der Waals surface area contributed by atoms with Crippen molar-refractivity contribution in [3.63, 3.8) is 0 Å². The summed E-state index contributed by atoms with van der Waals surface area (Å²) < 4.78 is 2.12. The summed E-state index contributed by atoms with van der Waals surface area (Å²) in [4.78, 5) is 7.29. The summed E-state index contributed by atoms with van der Waals surface area (Å²) in [6.07, 6.45) is 8.62. The van der Waals surface area contributed by atoms with Gasteiger partial charge in [-0.05, 0) is 37.2 Å². The van der Waals surface area contributed by atoms with Crippen LogP contribution in [0.3, 0.4) is 0 Å². The van der Waals surface area contributed by atoms with Crippen LogP contribution >= 0.6 is 11.8 Å². The van der Waals surface area contributed by atoms with Crippen LogP contribution in [0.5, 0.6) is 0 Å². The molecule has 1 aromatic rings. The molecule has 0 amide bonds. The summed E-state index contributed by atoms with van der Waals surface area (Å²) in [5, 5.41) is 11.7. The van der Waals surface area contributed by atoms with Crippen LogP contribution < -0.4 is 5.32 Å². The van der Waals surface area contributed by atoms with Crippen molar-refractivity contribution in [1.82, 2.24) is 25.0 Å². The second-order valence-electron chi connectivity index (χ2n) is 6.47. The number of thioether (sulfide) groups is 1. The fourth-order valence-corrected chi connectivity index (χ4v) is 3.49. The van der Waals surface area contributed by atoms with E-state index >= 15 is 0 Å². The summed E-state index contributed by atoms with van der Waals surface area (Å²) >= 11 is 1.89. The molecule has 0 aliphatic carbocycles. The molecule has 1 aliphatic rings. The maximum atomic E-state index is 4.86. The normalized spacial score (nSPS) is 18.9. The molecule has 1 aliphatic heterocycles. The van der Waals surface area contributed by atoms with E-state index in [9.17, 15) is 0 Å². The number of guanidine groups is 1. The minimum Gasteiger partial charge on any atom is -0.354 e. The minimum absolute atomic E-state index is 0.751. The predicted octanol–water partition coefficient (Wildman–Crippen LogP) is 2.27. The monoisotopic (exact) mass is 352 g/mol. The van der Waals surface area contributed by atoms with Crippen LogP contribution in [-0.4, -0.2) is 63.8 Å². The van der Waals surface area contributed by atoms with Crippen molar-refractivity contribution < 1.29 is 0 Å². The number of piperidine rings is 1. The third-order valence-electron chi connectivity index (χ3n) is 4.37. The van der Waals surface area contributed by atoms with E-state index in [1.54, 1.807) is 0 Å². The van der Waals surface area contributed by atoms with E-state index in [0.29, 0.717) is 0 Å². The second-order valence-corrected chi connectivity index (χ2v) is 7.45. The Kier molecular flexibility index (Phi) is 8.42. The molecule has 1 aromatic heterocycles. The molecule has 1 N–H and O–H groups in total. The molecule has 1 unspecified atom stereocenters. The highest BCUT2D eigenvalue weighted by Crippen LogP contribution is 2.15. The van der Waals surface area contributed by atoms with Crippen LogP contribution in [-0.2, 0) is 13.0 Å². The van der Waals surface area contributed by atoms with Gasteiger partial charge in [0.1, 0.15) is 12.2 Å². The lowest BCUT2D eigenvalue weighted by atomic mass is 10.0. The maximum Gasteiger partial charge on any atom is 0.193 e. The molecular formula is C17H32N6S. The Morgan fingerprint density at radius 2 is 2.38 bits per heavy atom. The Morgan fingerprint density at radius 3 is 3.12 bits per heavy atom. The van der Waals surface area contributed by atoms with E-state index in [0.717, 1.165) is 63.3 Å². The summed E-state index contributed by atoms with van der Waals surface area (Å²) in [5.74, 6) is 4.05. The topological polar surface area (TPSA) is 58.3 Å². The first-order chi connectivity index (χ1) is 11.7. The zero-order valence-corrected chi connectivity index (χ0v) is 16.2. The van der Waals surface area contributed by atoms with Gasteiger partial charge >= 0.3 is 0 Å². The number of hydrogen-bond acceptors (Lipinski definition) is 4. The van der Waals surface area contributed by atoms with E-state index in [4.69, 9.17) is 4.99 Å². The van der Waals surface area contributed by atoms with Crippen molar-refractivity contribution in [3.05, 3.63) is 12.2 Å². The summed E-state index contributed by atoms with van der Waals surface area (Å²) in [7, 11) is 0. The standard InChI is InChI=1S/C17H32N6S/c1-4-16-21-20-14-23(16)11-9-19-17(18-8-6-12-24-3)22-10-5-7-15(2)13-22/h14-15H,4-13H2,1-3H3,(H,18,19). The summed E-state index contributed by atoms with van der Waals surface area (Å²) in [5.41, 5.74) is 0. The number of rotatable bonds is 8. The molecule has 136 valence electrons. The zero-order chi connectivity index (χ0) is 17.2. The highest BCUT2D eigenvalue weighted by Gasteiger charge is 2.19.